The number of rotatable bonds is 3. The molecule has 2 heterocycles. The minimum Gasteiger partial charge on any atom is -0.366 e. The van der Waals surface area contributed by atoms with Gasteiger partial charge in [0.2, 0.25) is 0 Å². The summed E-state index contributed by atoms with van der Waals surface area (Å²) < 4.78 is 0. The van der Waals surface area contributed by atoms with Gasteiger partial charge in [-0.1, -0.05) is 47.3 Å². The molecule has 5 nitrogen and oxygen atoms in total. The molecule has 4 rings (SSSR count). The molecule has 0 aliphatic carbocycles. The van der Waals surface area contributed by atoms with Crippen molar-refractivity contribution in [3.05, 3.63) is 64.7 Å². The third-order valence-corrected chi connectivity index (χ3v) is 6.35. The van der Waals surface area contributed by atoms with E-state index in [9.17, 15) is 9.59 Å². The highest BCUT2D eigenvalue weighted by Crippen LogP contribution is 2.39. The molecule has 3 N–H and O–H groups in total. The smallest absolute Gasteiger partial charge is 0.256 e. The number of nitrogens with one attached hydrogen (secondary N) is 3. The minimum absolute atomic E-state index is 0.170. The second kappa shape index (κ2) is 7.26. The first kappa shape index (κ1) is 17.3. The van der Waals surface area contributed by atoms with Gasteiger partial charge >= 0.3 is 0 Å². The van der Waals surface area contributed by atoms with E-state index in [1.165, 1.54) is 23.5 Å². The number of benzene rings is 2. The summed E-state index contributed by atoms with van der Waals surface area (Å²) in [5, 5.41) is 8.72. The van der Waals surface area contributed by atoms with Crippen LogP contribution in [-0.2, 0) is 0 Å². The number of hydrogen-bond acceptors (Lipinski definition) is 5. The van der Waals surface area contributed by atoms with Crippen molar-refractivity contribution in [1.82, 2.24) is 10.6 Å². The van der Waals surface area contributed by atoms with Gasteiger partial charge in [0.15, 0.2) is 4.83 Å². The number of fused-ring (bicyclic) bond motifs is 2. The van der Waals surface area contributed by atoms with Gasteiger partial charge in [-0.2, -0.15) is 0 Å². The average molecular weight is 404 g/mol. The van der Waals surface area contributed by atoms with Crippen molar-refractivity contribution in [3.63, 3.8) is 0 Å². The van der Waals surface area contributed by atoms with Crippen LogP contribution >= 0.6 is 35.1 Å². The van der Waals surface area contributed by atoms with E-state index in [0.29, 0.717) is 23.4 Å². The molecule has 0 spiro atoms. The Kier molecular flexibility index (Phi) is 4.84. The summed E-state index contributed by atoms with van der Waals surface area (Å²) in [6.07, 6.45) is 1.80. The van der Waals surface area contributed by atoms with Crippen molar-refractivity contribution in [2.45, 2.75) is 14.6 Å². The summed E-state index contributed by atoms with van der Waals surface area (Å²) in [6, 6.07) is 12.8. The van der Waals surface area contributed by atoms with Crippen molar-refractivity contribution >= 4 is 52.6 Å². The molecule has 0 bridgehead atoms. The Morgan fingerprint density at radius 1 is 1.19 bits per heavy atom. The fraction of sp³-hybridized carbons (Fsp3) is 0.111. The molecule has 26 heavy (non-hydrogen) atoms. The van der Waals surface area contributed by atoms with Crippen LogP contribution in [0, 0.1) is 0 Å². The predicted molar refractivity (Wildman–Crippen MR) is 106 cm³/mol. The highest BCUT2D eigenvalue weighted by atomic mass is 35.5. The van der Waals surface area contributed by atoms with Gasteiger partial charge in [0, 0.05) is 26.5 Å². The zero-order valence-electron chi connectivity index (χ0n) is 13.4. The van der Waals surface area contributed by atoms with Crippen LogP contribution in [0.1, 0.15) is 20.7 Å². The largest absolute Gasteiger partial charge is 0.366 e. The third kappa shape index (κ3) is 3.56. The lowest BCUT2D eigenvalue weighted by Gasteiger charge is -2.10. The number of carbonyl (C=O) groups excluding carboxylic acids is 2. The Labute approximate surface area is 163 Å². The zero-order chi connectivity index (χ0) is 18.1. The molecule has 2 amide bonds. The van der Waals surface area contributed by atoms with Gasteiger partial charge in [-0.3, -0.25) is 9.59 Å². The van der Waals surface area contributed by atoms with Crippen molar-refractivity contribution in [3.8, 4) is 0 Å². The molecule has 2 aromatic rings. The van der Waals surface area contributed by atoms with Gasteiger partial charge in [0.1, 0.15) is 0 Å². The van der Waals surface area contributed by atoms with E-state index in [-0.39, 0.29) is 16.6 Å². The number of halogens is 1. The van der Waals surface area contributed by atoms with Gasteiger partial charge < -0.3 is 16.0 Å². The number of carbonyl (C=O) groups is 2. The maximum absolute atomic E-state index is 12.4. The Morgan fingerprint density at radius 2 is 2.04 bits per heavy atom. The lowest BCUT2D eigenvalue weighted by Crippen LogP contribution is -2.25. The standard InChI is InChI=1S/C18H14ClN3O2S2/c19-18-21-9-11(25-18)8-20-16(23)10-5-6-15-13(7-10)22-17(24)12-3-1-2-4-14(12)26-15/h1-7,9,18,21H,8H2,(H,20,23)(H,22,24). The Balaban J connectivity index is 1.51. The van der Waals surface area contributed by atoms with E-state index in [2.05, 4.69) is 16.0 Å². The number of alkyl halides is 1. The first-order valence-electron chi connectivity index (χ1n) is 7.86. The van der Waals surface area contributed by atoms with E-state index in [0.717, 1.165) is 14.7 Å². The molecule has 1 atom stereocenters. The van der Waals surface area contributed by atoms with Crippen molar-refractivity contribution in [2.24, 2.45) is 0 Å². The van der Waals surface area contributed by atoms with Crippen LogP contribution in [0.15, 0.2) is 63.4 Å². The van der Waals surface area contributed by atoms with E-state index in [4.69, 9.17) is 11.6 Å². The molecular weight excluding hydrogens is 390 g/mol. The fourth-order valence-corrected chi connectivity index (χ4v) is 4.74. The lowest BCUT2D eigenvalue weighted by atomic mass is 10.1. The Morgan fingerprint density at radius 3 is 2.85 bits per heavy atom. The topological polar surface area (TPSA) is 70.2 Å². The average Bonchev–Trinajstić information content (AvgIpc) is 3.00. The summed E-state index contributed by atoms with van der Waals surface area (Å²) in [5.41, 5.74) is 1.77. The first-order valence-corrected chi connectivity index (χ1v) is 10.00. The molecule has 2 aromatic carbocycles. The molecule has 0 saturated heterocycles. The fourth-order valence-electron chi connectivity index (χ4n) is 2.63. The molecular formula is C18H14ClN3O2S2. The summed E-state index contributed by atoms with van der Waals surface area (Å²) >= 11 is 8.90. The molecule has 2 aliphatic rings. The van der Waals surface area contributed by atoms with E-state index in [1.807, 2.05) is 24.3 Å². The van der Waals surface area contributed by atoms with Gasteiger partial charge in [-0.25, -0.2) is 0 Å². The van der Waals surface area contributed by atoms with Gasteiger partial charge in [0.05, 0.1) is 17.8 Å². The lowest BCUT2D eigenvalue weighted by molar-refractivity contribution is 0.0956. The maximum Gasteiger partial charge on any atom is 0.256 e. The van der Waals surface area contributed by atoms with Crippen LogP contribution in [0.4, 0.5) is 5.69 Å². The zero-order valence-corrected chi connectivity index (χ0v) is 15.8. The van der Waals surface area contributed by atoms with Crippen molar-refractivity contribution < 1.29 is 9.59 Å². The van der Waals surface area contributed by atoms with Crippen LogP contribution in [-0.4, -0.2) is 23.2 Å². The number of thioether (sulfide) groups is 1. The number of amides is 2. The quantitative estimate of drug-likeness (QED) is 0.536. The number of hydrogen-bond donors (Lipinski definition) is 3. The maximum atomic E-state index is 12.4. The van der Waals surface area contributed by atoms with E-state index in [1.54, 1.807) is 24.4 Å². The van der Waals surface area contributed by atoms with Gasteiger partial charge in [-0.15, -0.1) is 0 Å². The molecule has 0 radical (unpaired) electrons. The summed E-state index contributed by atoms with van der Waals surface area (Å²) in [7, 11) is 0. The highest BCUT2D eigenvalue weighted by molar-refractivity contribution is 8.05. The Bertz CT molecular complexity index is 932. The molecule has 132 valence electrons. The van der Waals surface area contributed by atoms with Crippen LogP contribution in [0.3, 0.4) is 0 Å². The van der Waals surface area contributed by atoms with E-state index < -0.39 is 0 Å². The van der Waals surface area contributed by atoms with Crippen LogP contribution in [0.2, 0.25) is 0 Å². The Hall–Kier alpha value is -2.09. The molecule has 1 unspecified atom stereocenters. The summed E-state index contributed by atoms with van der Waals surface area (Å²) in [4.78, 5) is 27.4. The highest BCUT2D eigenvalue weighted by Gasteiger charge is 2.21. The SMILES string of the molecule is O=C(NCC1=CNC(Cl)S1)c1ccc2c(c1)NC(=O)c1ccccc1S2. The number of anilines is 1. The van der Waals surface area contributed by atoms with Crippen LogP contribution < -0.4 is 16.0 Å². The van der Waals surface area contributed by atoms with E-state index >= 15 is 0 Å². The summed E-state index contributed by atoms with van der Waals surface area (Å²) in [6.45, 7) is 0.406. The van der Waals surface area contributed by atoms with Crippen molar-refractivity contribution in [1.29, 1.82) is 0 Å². The monoisotopic (exact) mass is 403 g/mol. The molecule has 0 saturated carbocycles. The molecule has 0 fully saturated rings. The van der Waals surface area contributed by atoms with Crippen molar-refractivity contribution in [2.75, 3.05) is 11.9 Å². The summed E-state index contributed by atoms with van der Waals surface area (Å²) in [5.74, 6) is -0.371. The van der Waals surface area contributed by atoms with Gasteiger partial charge in [0.25, 0.3) is 11.8 Å². The van der Waals surface area contributed by atoms with Crippen LogP contribution in [0.25, 0.3) is 0 Å². The second-order valence-electron chi connectivity index (χ2n) is 5.66. The minimum atomic E-state index is -0.201. The second-order valence-corrected chi connectivity index (χ2v) is 8.67. The third-order valence-electron chi connectivity index (χ3n) is 3.89. The van der Waals surface area contributed by atoms with Gasteiger partial charge in [-0.05, 0) is 30.3 Å². The van der Waals surface area contributed by atoms with Crippen LogP contribution in [0.5, 0.6) is 0 Å². The molecule has 2 aliphatic heterocycles. The normalized spacial score (nSPS) is 18.0. The molecule has 8 heteroatoms. The predicted octanol–water partition coefficient (Wildman–Crippen LogP) is 3.83. The molecule has 0 aromatic heterocycles. The first-order chi connectivity index (χ1) is 12.6.